The lowest BCUT2D eigenvalue weighted by molar-refractivity contribution is 0.0947. The van der Waals surface area contributed by atoms with Crippen LogP contribution < -0.4 is 16.4 Å². The van der Waals surface area contributed by atoms with E-state index in [0.717, 1.165) is 0 Å². The van der Waals surface area contributed by atoms with Crippen molar-refractivity contribution in [3.05, 3.63) is 52.4 Å². The van der Waals surface area contributed by atoms with Crippen LogP contribution in [0.15, 0.2) is 35.7 Å². The molecule has 1 aromatic heterocycles. The fraction of sp³-hybridized carbons (Fsp3) is 0.368. The van der Waals surface area contributed by atoms with Crippen LogP contribution in [0.1, 0.15) is 59.9 Å². The van der Waals surface area contributed by atoms with Gasteiger partial charge in [-0.25, -0.2) is 0 Å². The normalized spacial score (nSPS) is 11.0. The third kappa shape index (κ3) is 6.12. The zero-order valence-corrected chi connectivity index (χ0v) is 17.1. The van der Waals surface area contributed by atoms with Gasteiger partial charge in [-0.2, -0.15) is 0 Å². The molecule has 26 heavy (non-hydrogen) atoms. The summed E-state index contributed by atoms with van der Waals surface area (Å²) in [5.41, 5.74) is 7.58. The fourth-order valence-electron chi connectivity index (χ4n) is 2.18. The van der Waals surface area contributed by atoms with Crippen molar-refractivity contribution in [3.63, 3.8) is 0 Å². The second-order valence-electron chi connectivity index (χ2n) is 7.07. The molecule has 0 spiro atoms. The first kappa shape index (κ1) is 22.2. The number of benzene rings is 1. The summed E-state index contributed by atoms with van der Waals surface area (Å²) < 4.78 is 0. The molecule has 0 atom stereocenters. The van der Waals surface area contributed by atoms with E-state index < -0.39 is 5.54 Å². The lowest BCUT2D eigenvalue weighted by atomic mass is 10.0. The smallest absolute Gasteiger partial charge is 0.256 e. The first-order chi connectivity index (χ1) is 11.7. The maximum absolute atomic E-state index is 12.4. The molecule has 0 aliphatic carbocycles. The quantitative estimate of drug-likeness (QED) is 0.690. The van der Waals surface area contributed by atoms with Gasteiger partial charge >= 0.3 is 0 Å². The summed E-state index contributed by atoms with van der Waals surface area (Å²) in [5, 5.41) is 7.92. The van der Waals surface area contributed by atoms with Crippen molar-refractivity contribution in [2.24, 2.45) is 5.73 Å². The molecular formula is C19H26ClN3O2S. The summed E-state index contributed by atoms with van der Waals surface area (Å²) in [6.07, 6.45) is 0. The molecule has 2 amide bonds. The highest BCUT2D eigenvalue weighted by Gasteiger charge is 2.18. The molecule has 0 radical (unpaired) electrons. The van der Waals surface area contributed by atoms with Crippen LogP contribution in [0.25, 0.3) is 0 Å². The van der Waals surface area contributed by atoms with Gasteiger partial charge in [-0.1, -0.05) is 26.0 Å². The van der Waals surface area contributed by atoms with Crippen molar-refractivity contribution in [1.29, 1.82) is 0 Å². The summed E-state index contributed by atoms with van der Waals surface area (Å²) in [6, 6.07) is 9.20. The van der Waals surface area contributed by atoms with Crippen LogP contribution in [-0.4, -0.2) is 23.9 Å². The Morgan fingerprint density at radius 2 is 1.73 bits per heavy atom. The van der Waals surface area contributed by atoms with Gasteiger partial charge in [0.05, 0.1) is 5.56 Å². The third-order valence-electron chi connectivity index (χ3n) is 3.68. The first-order valence-electron chi connectivity index (χ1n) is 8.23. The molecule has 0 aliphatic heterocycles. The molecule has 7 heteroatoms. The zero-order chi connectivity index (χ0) is 18.6. The monoisotopic (exact) mass is 395 g/mol. The van der Waals surface area contributed by atoms with E-state index in [-0.39, 0.29) is 24.2 Å². The Balaban J connectivity index is 0.00000338. The number of amides is 2. The van der Waals surface area contributed by atoms with E-state index in [1.165, 1.54) is 16.9 Å². The summed E-state index contributed by atoms with van der Waals surface area (Å²) >= 11 is 1.32. The van der Waals surface area contributed by atoms with E-state index in [4.69, 9.17) is 5.73 Å². The molecule has 0 fully saturated rings. The lowest BCUT2D eigenvalue weighted by Gasteiger charge is -2.19. The van der Waals surface area contributed by atoms with Crippen LogP contribution in [-0.2, 0) is 0 Å². The van der Waals surface area contributed by atoms with E-state index in [9.17, 15) is 9.59 Å². The van der Waals surface area contributed by atoms with Gasteiger partial charge in [0.1, 0.15) is 5.00 Å². The Morgan fingerprint density at radius 1 is 1.12 bits per heavy atom. The van der Waals surface area contributed by atoms with Gasteiger partial charge in [0, 0.05) is 17.6 Å². The predicted molar refractivity (Wildman–Crippen MR) is 111 cm³/mol. The topological polar surface area (TPSA) is 84.2 Å². The standard InChI is InChI=1S/C19H25N3O2S.ClH/c1-12(2)13-5-7-14(8-6-13)16(23)22-18-15(9-10-25-18)17(24)21-11-19(3,4)20;/h5-10,12H,11,20H2,1-4H3,(H,21,24)(H,22,23);1H. The minimum Gasteiger partial charge on any atom is -0.350 e. The van der Waals surface area contributed by atoms with E-state index >= 15 is 0 Å². The second-order valence-corrected chi connectivity index (χ2v) is 7.98. The Hall–Kier alpha value is -1.89. The summed E-state index contributed by atoms with van der Waals surface area (Å²) in [7, 11) is 0. The number of carbonyl (C=O) groups is 2. The molecule has 5 nitrogen and oxygen atoms in total. The van der Waals surface area contributed by atoms with E-state index in [0.29, 0.717) is 28.6 Å². The molecule has 2 aromatic rings. The van der Waals surface area contributed by atoms with Gasteiger partial charge in [-0.15, -0.1) is 23.7 Å². The van der Waals surface area contributed by atoms with Crippen molar-refractivity contribution in [2.45, 2.75) is 39.2 Å². The summed E-state index contributed by atoms with van der Waals surface area (Å²) in [4.78, 5) is 24.7. The molecule has 0 aliphatic rings. The average molecular weight is 396 g/mol. The minimum atomic E-state index is -0.493. The largest absolute Gasteiger partial charge is 0.350 e. The minimum absolute atomic E-state index is 0. The van der Waals surface area contributed by atoms with Gasteiger partial charge in [-0.3, -0.25) is 9.59 Å². The van der Waals surface area contributed by atoms with Gasteiger partial charge in [0.15, 0.2) is 0 Å². The predicted octanol–water partition coefficient (Wildman–Crippen LogP) is 4.01. The van der Waals surface area contributed by atoms with E-state index in [1.54, 1.807) is 23.6 Å². The molecule has 2 rings (SSSR count). The number of nitrogens with two attached hydrogens (primary N) is 1. The molecule has 0 saturated heterocycles. The van der Waals surface area contributed by atoms with Crippen molar-refractivity contribution in [1.82, 2.24) is 5.32 Å². The van der Waals surface area contributed by atoms with E-state index in [2.05, 4.69) is 24.5 Å². The number of hydrogen-bond acceptors (Lipinski definition) is 4. The highest BCUT2D eigenvalue weighted by Crippen LogP contribution is 2.24. The van der Waals surface area contributed by atoms with Crippen molar-refractivity contribution in [3.8, 4) is 0 Å². The van der Waals surface area contributed by atoms with Crippen molar-refractivity contribution >= 4 is 40.6 Å². The average Bonchev–Trinajstić information content (AvgIpc) is 3.00. The van der Waals surface area contributed by atoms with Gasteiger partial charge in [0.25, 0.3) is 11.8 Å². The molecule has 0 unspecified atom stereocenters. The Bertz CT molecular complexity index is 749. The van der Waals surface area contributed by atoms with Gasteiger partial charge < -0.3 is 16.4 Å². The summed E-state index contributed by atoms with van der Waals surface area (Å²) in [5.74, 6) is -0.0623. The third-order valence-corrected chi connectivity index (χ3v) is 4.51. The molecule has 1 heterocycles. The van der Waals surface area contributed by atoms with E-state index in [1.807, 2.05) is 26.0 Å². The summed E-state index contributed by atoms with van der Waals surface area (Å²) in [6.45, 7) is 8.24. The molecule has 1 aromatic carbocycles. The van der Waals surface area contributed by atoms with Crippen LogP contribution in [0.5, 0.6) is 0 Å². The van der Waals surface area contributed by atoms with Crippen molar-refractivity contribution < 1.29 is 9.59 Å². The highest BCUT2D eigenvalue weighted by molar-refractivity contribution is 7.14. The Kier molecular flexibility index (Phi) is 7.81. The van der Waals surface area contributed by atoms with Crippen LogP contribution >= 0.6 is 23.7 Å². The number of rotatable bonds is 6. The molecule has 0 bridgehead atoms. The van der Waals surface area contributed by atoms with Crippen LogP contribution in [0.4, 0.5) is 5.00 Å². The zero-order valence-electron chi connectivity index (χ0n) is 15.5. The van der Waals surface area contributed by atoms with Gasteiger partial charge in [-0.05, 0) is 48.9 Å². The number of anilines is 1. The first-order valence-corrected chi connectivity index (χ1v) is 9.11. The van der Waals surface area contributed by atoms with Crippen LogP contribution in [0.2, 0.25) is 0 Å². The number of carbonyl (C=O) groups excluding carboxylic acids is 2. The molecule has 4 N–H and O–H groups in total. The number of halogens is 1. The SMILES string of the molecule is CC(C)c1ccc(C(=O)Nc2sccc2C(=O)NCC(C)(C)N)cc1.Cl. The van der Waals surface area contributed by atoms with Crippen LogP contribution in [0.3, 0.4) is 0 Å². The number of hydrogen-bond donors (Lipinski definition) is 3. The number of thiophene rings is 1. The van der Waals surface area contributed by atoms with Crippen LogP contribution in [0, 0.1) is 0 Å². The molecular weight excluding hydrogens is 370 g/mol. The highest BCUT2D eigenvalue weighted by atomic mass is 35.5. The fourth-order valence-corrected chi connectivity index (χ4v) is 2.96. The lowest BCUT2D eigenvalue weighted by Crippen LogP contribution is -2.45. The molecule has 142 valence electrons. The van der Waals surface area contributed by atoms with Crippen molar-refractivity contribution in [2.75, 3.05) is 11.9 Å². The van der Waals surface area contributed by atoms with Gasteiger partial charge in [0.2, 0.25) is 0 Å². The maximum atomic E-state index is 12.4. The molecule has 0 saturated carbocycles. The second kappa shape index (κ2) is 9.16. The Morgan fingerprint density at radius 3 is 2.27 bits per heavy atom. The maximum Gasteiger partial charge on any atom is 0.256 e. The number of nitrogens with one attached hydrogen (secondary N) is 2. The Labute approximate surface area is 164 Å².